The van der Waals surface area contributed by atoms with Crippen molar-refractivity contribution in [1.82, 2.24) is 4.90 Å². The molecular weight excluding hydrogens is 238 g/mol. The molecule has 1 aromatic rings. The first kappa shape index (κ1) is 14.1. The quantitative estimate of drug-likeness (QED) is 0.756. The lowest BCUT2D eigenvalue weighted by molar-refractivity contribution is 0.324. The number of nitrogens with zero attached hydrogens (tertiary/aromatic N) is 1. The summed E-state index contributed by atoms with van der Waals surface area (Å²) >= 11 is 1.72. The van der Waals surface area contributed by atoms with Gasteiger partial charge < -0.3 is 14.4 Å². The Morgan fingerprint density at radius 3 is 2.71 bits per heavy atom. The summed E-state index contributed by atoms with van der Waals surface area (Å²) in [6.45, 7) is 7.46. The molecule has 1 aromatic heterocycles. The van der Waals surface area contributed by atoms with Crippen molar-refractivity contribution in [3.05, 3.63) is 28.3 Å². The molecule has 96 valence electrons. The summed E-state index contributed by atoms with van der Waals surface area (Å²) < 4.78 is 5.11. The van der Waals surface area contributed by atoms with Crippen LogP contribution in [0.1, 0.15) is 19.6 Å². The highest BCUT2D eigenvalue weighted by atomic mass is 32.2. The van der Waals surface area contributed by atoms with Gasteiger partial charge in [0.15, 0.2) is 5.75 Å². The first-order chi connectivity index (χ1) is 8.17. The Morgan fingerprint density at radius 2 is 2.12 bits per heavy atom. The maximum Gasteiger partial charge on any atom is 0.226 e. The van der Waals surface area contributed by atoms with Crippen molar-refractivity contribution >= 4 is 11.8 Å². The minimum atomic E-state index is -0.379. The Hall–Kier alpha value is -0.940. The van der Waals surface area contributed by atoms with E-state index in [9.17, 15) is 4.79 Å². The van der Waals surface area contributed by atoms with Gasteiger partial charge in [-0.2, -0.15) is 11.8 Å². The molecule has 1 rings (SSSR count). The van der Waals surface area contributed by atoms with E-state index in [0.29, 0.717) is 11.5 Å². The Morgan fingerprint density at radius 1 is 1.41 bits per heavy atom. The van der Waals surface area contributed by atoms with E-state index in [4.69, 9.17) is 9.52 Å². The van der Waals surface area contributed by atoms with E-state index in [1.165, 1.54) is 6.07 Å². The fraction of sp³-hybridized carbons (Fsp3) is 0.583. The Labute approximate surface area is 106 Å². The second kappa shape index (κ2) is 7.40. The van der Waals surface area contributed by atoms with E-state index in [0.717, 1.165) is 31.7 Å². The van der Waals surface area contributed by atoms with E-state index in [-0.39, 0.29) is 11.2 Å². The van der Waals surface area contributed by atoms with Crippen LogP contribution in [0.3, 0.4) is 0 Å². The molecule has 0 atom stereocenters. The number of aromatic hydroxyl groups is 1. The van der Waals surface area contributed by atoms with Crippen LogP contribution in [0.25, 0.3) is 0 Å². The van der Waals surface area contributed by atoms with E-state index < -0.39 is 0 Å². The van der Waals surface area contributed by atoms with Gasteiger partial charge in [-0.25, -0.2) is 0 Å². The third-order valence-corrected chi connectivity index (χ3v) is 3.52. The van der Waals surface area contributed by atoms with Crippen LogP contribution in [0.5, 0.6) is 5.75 Å². The van der Waals surface area contributed by atoms with Gasteiger partial charge >= 0.3 is 0 Å². The van der Waals surface area contributed by atoms with Crippen LogP contribution in [-0.4, -0.2) is 35.4 Å². The number of hydrogen-bond acceptors (Lipinski definition) is 5. The molecule has 0 saturated carbocycles. The van der Waals surface area contributed by atoms with Crippen LogP contribution < -0.4 is 5.43 Å². The second-order valence-corrected chi connectivity index (χ2v) is 4.78. The number of thioether (sulfide) groups is 1. The van der Waals surface area contributed by atoms with Gasteiger partial charge in [0.1, 0.15) is 12.0 Å². The maximum absolute atomic E-state index is 11.1. The zero-order valence-electron chi connectivity index (χ0n) is 10.3. The van der Waals surface area contributed by atoms with E-state index >= 15 is 0 Å². The first-order valence-corrected chi connectivity index (χ1v) is 6.93. The summed E-state index contributed by atoms with van der Waals surface area (Å²) in [5, 5.41) is 9.03. The van der Waals surface area contributed by atoms with Crippen molar-refractivity contribution < 1.29 is 9.52 Å². The van der Waals surface area contributed by atoms with Crippen LogP contribution in [-0.2, 0) is 5.75 Å². The zero-order valence-corrected chi connectivity index (χ0v) is 11.1. The molecule has 0 saturated heterocycles. The van der Waals surface area contributed by atoms with Crippen molar-refractivity contribution in [1.29, 1.82) is 0 Å². The second-order valence-electron chi connectivity index (χ2n) is 3.68. The largest absolute Gasteiger partial charge is 0.502 e. The smallest absolute Gasteiger partial charge is 0.226 e. The van der Waals surface area contributed by atoms with E-state index in [2.05, 4.69) is 18.7 Å². The van der Waals surface area contributed by atoms with E-state index in [1.54, 1.807) is 11.8 Å². The predicted molar refractivity (Wildman–Crippen MR) is 70.6 cm³/mol. The van der Waals surface area contributed by atoms with Crippen molar-refractivity contribution in [3.63, 3.8) is 0 Å². The fourth-order valence-electron chi connectivity index (χ4n) is 1.43. The third-order valence-electron chi connectivity index (χ3n) is 2.56. The molecule has 0 bridgehead atoms. The molecule has 5 heteroatoms. The summed E-state index contributed by atoms with van der Waals surface area (Å²) in [6, 6.07) is 1.35. The average molecular weight is 257 g/mol. The van der Waals surface area contributed by atoms with Gasteiger partial charge in [-0.15, -0.1) is 0 Å². The Bertz CT molecular complexity index is 388. The molecule has 0 aliphatic rings. The van der Waals surface area contributed by atoms with Gasteiger partial charge in [0.05, 0.1) is 5.75 Å². The molecule has 1 N–H and O–H groups in total. The predicted octanol–water partition coefficient (Wildman–Crippen LogP) is 1.92. The molecule has 0 unspecified atom stereocenters. The number of rotatable bonds is 7. The molecule has 0 fully saturated rings. The maximum atomic E-state index is 11.1. The molecule has 4 nitrogen and oxygen atoms in total. The molecule has 0 aromatic carbocycles. The minimum absolute atomic E-state index is 0.332. The minimum Gasteiger partial charge on any atom is -0.502 e. The first-order valence-electron chi connectivity index (χ1n) is 5.78. The molecule has 0 amide bonds. The van der Waals surface area contributed by atoms with Gasteiger partial charge in [-0.3, -0.25) is 4.79 Å². The normalized spacial score (nSPS) is 11.0. The lowest BCUT2D eigenvalue weighted by Gasteiger charge is -2.17. The Balaban J connectivity index is 2.31. The third kappa shape index (κ3) is 4.83. The monoisotopic (exact) mass is 257 g/mol. The van der Waals surface area contributed by atoms with Gasteiger partial charge in [-0.05, 0) is 13.1 Å². The molecule has 0 spiro atoms. The Kier molecular flexibility index (Phi) is 6.15. The standard InChI is InChI=1S/C12H19NO3S/c1-3-13(4-2)5-6-17-9-10-7-11(14)12(15)8-16-10/h7-8,15H,3-6,9H2,1-2H3. The van der Waals surface area contributed by atoms with Crippen molar-refractivity contribution in [2.75, 3.05) is 25.4 Å². The average Bonchev–Trinajstić information content (AvgIpc) is 2.34. The van der Waals surface area contributed by atoms with Crippen LogP contribution in [0.4, 0.5) is 0 Å². The van der Waals surface area contributed by atoms with Crippen LogP contribution in [0.15, 0.2) is 21.5 Å². The highest BCUT2D eigenvalue weighted by molar-refractivity contribution is 7.98. The lowest BCUT2D eigenvalue weighted by Crippen LogP contribution is -2.25. The topological polar surface area (TPSA) is 53.7 Å². The molecular formula is C12H19NO3S. The van der Waals surface area contributed by atoms with Crippen molar-refractivity contribution in [2.24, 2.45) is 0 Å². The molecule has 0 aliphatic carbocycles. The van der Waals surface area contributed by atoms with Gasteiger partial charge in [0.2, 0.25) is 5.43 Å². The van der Waals surface area contributed by atoms with Gasteiger partial charge in [0.25, 0.3) is 0 Å². The van der Waals surface area contributed by atoms with Crippen molar-refractivity contribution in [3.8, 4) is 5.75 Å². The van der Waals surface area contributed by atoms with Crippen LogP contribution >= 0.6 is 11.8 Å². The fourth-order valence-corrected chi connectivity index (χ4v) is 2.31. The summed E-state index contributed by atoms with van der Waals surface area (Å²) in [7, 11) is 0. The summed E-state index contributed by atoms with van der Waals surface area (Å²) in [6.07, 6.45) is 1.10. The summed E-state index contributed by atoms with van der Waals surface area (Å²) in [4.78, 5) is 13.5. The number of hydrogen-bond donors (Lipinski definition) is 1. The molecule has 1 heterocycles. The zero-order chi connectivity index (χ0) is 12.7. The van der Waals surface area contributed by atoms with Crippen LogP contribution in [0.2, 0.25) is 0 Å². The van der Waals surface area contributed by atoms with Crippen LogP contribution in [0, 0.1) is 0 Å². The van der Waals surface area contributed by atoms with Gasteiger partial charge in [-0.1, -0.05) is 13.8 Å². The van der Waals surface area contributed by atoms with Crippen molar-refractivity contribution in [2.45, 2.75) is 19.6 Å². The summed E-state index contributed by atoms with van der Waals surface area (Å²) in [5.74, 6) is 1.95. The molecule has 17 heavy (non-hydrogen) atoms. The van der Waals surface area contributed by atoms with E-state index in [1.807, 2.05) is 0 Å². The lowest BCUT2D eigenvalue weighted by atomic mass is 10.4. The molecule has 0 radical (unpaired) electrons. The SMILES string of the molecule is CCN(CC)CCSCc1cc(=O)c(O)co1. The molecule has 0 aliphatic heterocycles. The van der Waals surface area contributed by atoms with Gasteiger partial charge in [0, 0.05) is 18.4 Å². The highest BCUT2D eigenvalue weighted by Gasteiger charge is 2.03. The summed E-state index contributed by atoms with van der Waals surface area (Å²) in [5.41, 5.74) is -0.379. The highest BCUT2D eigenvalue weighted by Crippen LogP contribution is 2.12.